The number of hydrogen-bond acceptors (Lipinski definition) is 3. The Kier molecular flexibility index (Phi) is 2.57. The molecule has 1 aromatic carbocycles. The predicted octanol–water partition coefficient (Wildman–Crippen LogP) is 0.701. The summed E-state index contributed by atoms with van der Waals surface area (Å²) in [6.45, 7) is 0.123. The number of nitrogens with two attached hydrogens (primary N) is 2. The van der Waals surface area contributed by atoms with Gasteiger partial charge in [0.1, 0.15) is 10.7 Å². The summed E-state index contributed by atoms with van der Waals surface area (Å²) >= 11 is 5.86. The summed E-state index contributed by atoms with van der Waals surface area (Å²) in [5, 5.41) is 9.12. The first-order chi connectivity index (χ1) is 5.56. The molecular weight excluding hydrogens is 176 g/mol. The van der Waals surface area contributed by atoms with Gasteiger partial charge in [-0.15, -0.1) is 0 Å². The van der Waals surface area contributed by atoms with Crippen LogP contribution in [0.2, 0.25) is 0 Å². The van der Waals surface area contributed by atoms with Crippen LogP contribution in [0.3, 0.4) is 0 Å². The molecule has 5 N–H and O–H groups in total. The lowest BCUT2D eigenvalue weighted by Gasteiger charge is -2.19. The van der Waals surface area contributed by atoms with E-state index in [0.29, 0.717) is 5.56 Å². The number of hydrogen-bond donors (Lipinski definition) is 3. The molecule has 0 amide bonds. The zero-order valence-electron chi connectivity index (χ0n) is 6.50. The minimum Gasteiger partial charge on any atom is -0.508 e. The van der Waals surface area contributed by atoms with E-state index in [1.165, 1.54) is 6.07 Å². The first-order valence-electron chi connectivity index (χ1n) is 3.53. The number of rotatable bonds is 2. The molecule has 0 heterocycles. The molecule has 3 nitrogen and oxygen atoms in total. The van der Waals surface area contributed by atoms with Crippen LogP contribution >= 0.6 is 11.6 Å². The highest BCUT2D eigenvalue weighted by molar-refractivity contribution is 6.23. The van der Waals surface area contributed by atoms with Crippen molar-refractivity contribution in [2.75, 3.05) is 6.54 Å². The van der Waals surface area contributed by atoms with Gasteiger partial charge in [-0.25, -0.2) is 0 Å². The number of alkyl halides is 1. The van der Waals surface area contributed by atoms with Crippen molar-refractivity contribution in [3.8, 4) is 5.75 Å². The van der Waals surface area contributed by atoms with Crippen molar-refractivity contribution in [2.45, 2.75) is 5.00 Å². The van der Waals surface area contributed by atoms with E-state index in [2.05, 4.69) is 0 Å². The van der Waals surface area contributed by atoms with Gasteiger partial charge in [0.2, 0.25) is 0 Å². The molecule has 4 heteroatoms. The van der Waals surface area contributed by atoms with Crippen LogP contribution in [0.1, 0.15) is 5.56 Å². The zero-order valence-corrected chi connectivity index (χ0v) is 7.25. The summed E-state index contributed by atoms with van der Waals surface area (Å²) in [6.07, 6.45) is 0. The number of benzene rings is 1. The summed E-state index contributed by atoms with van der Waals surface area (Å²) in [5.41, 5.74) is 11.6. The van der Waals surface area contributed by atoms with Crippen LogP contribution in [0.25, 0.3) is 0 Å². The van der Waals surface area contributed by atoms with Gasteiger partial charge >= 0.3 is 0 Å². The number of phenols is 1. The Bertz CT molecular complexity index is 276. The van der Waals surface area contributed by atoms with Crippen LogP contribution in [0.15, 0.2) is 24.3 Å². The molecular formula is C8H11ClN2O. The van der Waals surface area contributed by atoms with Gasteiger partial charge in [0, 0.05) is 6.54 Å². The fourth-order valence-corrected chi connectivity index (χ4v) is 1.000. The molecule has 1 unspecified atom stereocenters. The van der Waals surface area contributed by atoms with E-state index in [4.69, 9.17) is 28.2 Å². The van der Waals surface area contributed by atoms with Crippen LogP contribution in [-0.2, 0) is 5.00 Å². The quantitative estimate of drug-likeness (QED) is 0.470. The van der Waals surface area contributed by atoms with Crippen LogP contribution in [0, 0.1) is 0 Å². The SMILES string of the molecule is NCC(N)(Cl)c1cccc(O)c1. The van der Waals surface area contributed by atoms with Gasteiger partial charge in [0.15, 0.2) is 0 Å². The second-order valence-electron chi connectivity index (χ2n) is 2.62. The number of halogens is 1. The predicted molar refractivity (Wildman–Crippen MR) is 48.9 cm³/mol. The number of phenolic OH excluding ortho intramolecular Hbond substituents is 1. The van der Waals surface area contributed by atoms with Crippen molar-refractivity contribution < 1.29 is 5.11 Å². The molecule has 0 spiro atoms. The summed E-state index contributed by atoms with van der Waals surface area (Å²) in [4.78, 5) is -1.08. The maximum absolute atomic E-state index is 9.12. The highest BCUT2D eigenvalue weighted by atomic mass is 35.5. The average molecular weight is 187 g/mol. The fraction of sp³-hybridized carbons (Fsp3) is 0.250. The monoisotopic (exact) mass is 186 g/mol. The summed E-state index contributed by atoms with van der Waals surface area (Å²) in [6, 6.07) is 6.44. The molecule has 66 valence electrons. The Labute approximate surface area is 75.9 Å². The molecule has 12 heavy (non-hydrogen) atoms. The molecule has 0 radical (unpaired) electrons. The lowest BCUT2D eigenvalue weighted by Crippen LogP contribution is -2.38. The smallest absolute Gasteiger partial charge is 0.129 e. The lowest BCUT2D eigenvalue weighted by molar-refractivity contribution is 0.473. The van der Waals surface area contributed by atoms with Crippen LogP contribution in [-0.4, -0.2) is 11.7 Å². The molecule has 0 fully saturated rings. The van der Waals surface area contributed by atoms with Gasteiger partial charge in [0.25, 0.3) is 0 Å². The van der Waals surface area contributed by atoms with Crippen molar-refractivity contribution in [1.29, 1.82) is 0 Å². The zero-order chi connectivity index (χ0) is 9.19. The van der Waals surface area contributed by atoms with Gasteiger partial charge < -0.3 is 16.6 Å². The van der Waals surface area contributed by atoms with Gasteiger partial charge in [-0.05, 0) is 17.7 Å². The Morgan fingerprint density at radius 3 is 2.67 bits per heavy atom. The third kappa shape index (κ3) is 1.88. The highest BCUT2D eigenvalue weighted by Crippen LogP contribution is 2.24. The fourth-order valence-electron chi connectivity index (χ4n) is 0.882. The minimum atomic E-state index is -1.08. The van der Waals surface area contributed by atoms with E-state index in [-0.39, 0.29) is 12.3 Å². The Morgan fingerprint density at radius 2 is 2.17 bits per heavy atom. The van der Waals surface area contributed by atoms with E-state index in [9.17, 15) is 0 Å². The average Bonchev–Trinajstić information content (AvgIpc) is 2.05. The molecule has 0 saturated carbocycles. The van der Waals surface area contributed by atoms with E-state index in [1.807, 2.05) is 0 Å². The van der Waals surface area contributed by atoms with Crippen molar-refractivity contribution in [3.05, 3.63) is 29.8 Å². The molecule has 1 atom stereocenters. The van der Waals surface area contributed by atoms with Gasteiger partial charge in [-0.3, -0.25) is 0 Å². The molecule has 0 aliphatic heterocycles. The summed E-state index contributed by atoms with van der Waals surface area (Å²) in [7, 11) is 0. The largest absolute Gasteiger partial charge is 0.508 e. The maximum Gasteiger partial charge on any atom is 0.129 e. The van der Waals surface area contributed by atoms with Crippen molar-refractivity contribution in [2.24, 2.45) is 11.5 Å². The molecule has 0 aromatic heterocycles. The minimum absolute atomic E-state index is 0.123. The van der Waals surface area contributed by atoms with Gasteiger partial charge in [0.05, 0.1) is 0 Å². The van der Waals surface area contributed by atoms with E-state index in [1.54, 1.807) is 18.2 Å². The Balaban J connectivity index is 3.03. The topological polar surface area (TPSA) is 72.3 Å². The third-order valence-electron chi connectivity index (χ3n) is 1.62. The Hall–Kier alpha value is -0.770. The normalized spacial score (nSPS) is 15.6. The standard InChI is InChI=1S/C8H11ClN2O/c9-8(11,5-10)6-2-1-3-7(12)4-6/h1-4,12H,5,10-11H2. The van der Waals surface area contributed by atoms with E-state index < -0.39 is 5.00 Å². The van der Waals surface area contributed by atoms with E-state index >= 15 is 0 Å². The van der Waals surface area contributed by atoms with Crippen LogP contribution in [0.4, 0.5) is 0 Å². The van der Waals surface area contributed by atoms with Crippen molar-refractivity contribution >= 4 is 11.6 Å². The van der Waals surface area contributed by atoms with E-state index in [0.717, 1.165) is 0 Å². The Morgan fingerprint density at radius 1 is 1.50 bits per heavy atom. The van der Waals surface area contributed by atoms with Crippen molar-refractivity contribution in [1.82, 2.24) is 0 Å². The second kappa shape index (κ2) is 3.31. The summed E-state index contributed by atoms with van der Waals surface area (Å²) in [5.74, 6) is 0.136. The molecule has 1 aromatic rings. The summed E-state index contributed by atoms with van der Waals surface area (Å²) < 4.78 is 0. The van der Waals surface area contributed by atoms with Crippen molar-refractivity contribution in [3.63, 3.8) is 0 Å². The molecule has 0 aliphatic rings. The highest BCUT2D eigenvalue weighted by Gasteiger charge is 2.21. The molecule has 1 rings (SSSR count). The maximum atomic E-state index is 9.12. The first kappa shape index (κ1) is 9.32. The lowest BCUT2D eigenvalue weighted by atomic mass is 10.1. The molecule has 0 aliphatic carbocycles. The number of aromatic hydroxyl groups is 1. The van der Waals surface area contributed by atoms with Gasteiger partial charge in [-0.2, -0.15) is 0 Å². The van der Waals surface area contributed by atoms with Crippen LogP contribution in [0.5, 0.6) is 5.75 Å². The molecule has 0 bridgehead atoms. The first-order valence-corrected chi connectivity index (χ1v) is 3.91. The third-order valence-corrected chi connectivity index (χ3v) is 2.00. The molecule has 0 saturated heterocycles. The van der Waals surface area contributed by atoms with Crippen LogP contribution < -0.4 is 11.5 Å². The van der Waals surface area contributed by atoms with Gasteiger partial charge in [-0.1, -0.05) is 23.7 Å². The second-order valence-corrected chi connectivity index (χ2v) is 3.29.